The van der Waals surface area contributed by atoms with Crippen molar-refractivity contribution in [2.24, 2.45) is 0 Å². The molecule has 0 heterocycles. The van der Waals surface area contributed by atoms with E-state index in [1.807, 2.05) is 31.3 Å². The minimum absolute atomic E-state index is 0.0110. The van der Waals surface area contributed by atoms with Crippen LogP contribution in [-0.4, -0.2) is 21.3 Å². The van der Waals surface area contributed by atoms with Crippen LogP contribution in [0.2, 0.25) is 0 Å². The Labute approximate surface area is 124 Å². The van der Waals surface area contributed by atoms with Gasteiger partial charge in [0.05, 0.1) is 14.2 Å². The number of rotatable bonds is 6. The predicted octanol–water partition coefficient (Wildman–Crippen LogP) is 3.35. The summed E-state index contributed by atoms with van der Waals surface area (Å²) in [6.07, 6.45) is 0.664. The molecular formula is C17H20FNO2. The summed E-state index contributed by atoms with van der Waals surface area (Å²) in [5.74, 6) is 1.33. The van der Waals surface area contributed by atoms with Gasteiger partial charge in [-0.3, -0.25) is 0 Å². The van der Waals surface area contributed by atoms with Gasteiger partial charge in [-0.2, -0.15) is 0 Å². The first-order valence-corrected chi connectivity index (χ1v) is 6.81. The van der Waals surface area contributed by atoms with E-state index in [1.165, 1.54) is 6.07 Å². The van der Waals surface area contributed by atoms with Crippen molar-refractivity contribution < 1.29 is 13.9 Å². The molecule has 2 aromatic rings. The Kier molecular flexibility index (Phi) is 5.17. The quantitative estimate of drug-likeness (QED) is 0.884. The Morgan fingerprint density at radius 2 is 1.90 bits per heavy atom. The van der Waals surface area contributed by atoms with Crippen molar-refractivity contribution >= 4 is 0 Å². The van der Waals surface area contributed by atoms with Gasteiger partial charge in [-0.15, -0.1) is 0 Å². The van der Waals surface area contributed by atoms with Gasteiger partial charge in [0.25, 0.3) is 0 Å². The summed E-state index contributed by atoms with van der Waals surface area (Å²) < 4.78 is 24.0. The predicted molar refractivity (Wildman–Crippen MR) is 81.5 cm³/mol. The second-order valence-electron chi connectivity index (χ2n) is 4.78. The molecule has 3 nitrogen and oxygen atoms in total. The van der Waals surface area contributed by atoms with Crippen LogP contribution in [0.1, 0.15) is 17.2 Å². The van der Waals surface area contributed by atoms with Crippen LogP contribution in [0.5, 0.6) is 11.5 Å². The largest absolute Gasteiger partial charge is 0.497 e. The summed E-state index contributed by atoms with van der Waals surface area (Å²) >= 11 is 0. The average molecular weight is 289 g/mol. The normalized spacial score (nSPS) is 12.0. The number of nitrogens with one attached hydrogen (secondary N) is 1. The van der Waals surface area contributed by atoms with Gasteiger partial charge in [0.2, 0.25) is 0 Å². The van der Waals surface area contributed by atoms with E-state index in [0.29, 0.717) is 6.42 Å². The highest BCUT2D eigenvalue weighted by molar-refractivity contribution is 5.43. The highest BCUT2D eigenvalue weighted by Crippen LogP contribution is 2.31. The fraction of sp³-hybridized carbons (Fsp3) is 0.294. The van der Waals surface area contributed by atoms with Crippen molar-refractivity contribution in [1.82, 2.24) is 5.32 Å². The first-order chi connectivity index (χ1) is 10.2. The van der Waals surface area contributed by atoms with Crippen molar-refractivity contribution in [1.29, 1.82) is 0 Å². The number of hydrogen-bond acceptors (Lipinski definition) is 3. The molecule has 0 aliphatic carbocycles. The zero-order valence-corrected chi connectivity index (χ0v) is 12.5. The van der Waals surface area contributed by atoms with Crippen molar-refractivity contribution in [3.05, 3.63) is 59.4 Å². The van der Waals surface area contributed by atoms with E-state index in [2.05, 4.69) is 5.32 Å². The monoisotopic (exact) mass is 289 g/mol. The molecule has 2 rings (SSSR count). The molecule has 1 unspecified atom stereocenters. The van der Waals surface area contributed by atoms with Crippen molar-refractivity contribution in [3.63, 3.8) is 0 Å². The van der Waals surface area contributed by atoms with Crippen LogP contribution in [-0.2, 0) is 6.42 Å². The lowest BCUT2D eigenvalue weighted by Gasteiger charge is -2.20. The molecule has 112 valence electrons. The first-order valence-electron chi connectivity index (χ1n) is 6.81. The van der Waals surface area contributed by atoms with E-state index >= 15 is 0 Å². The van der Waals surface area contributed by atoms with Crippen LogP contribution in [0.3, 0.4) is 0 Å². The summed E-state index contributed by atoms with van der Waals surface area (Å²) in [6.45, 7) is 0. The van der Waals surface area contributed by atoms with Gasteiger partial charge in [-0.1, -0.05) is 12.1 Å². The molecule has 0 bridgehead atoms. The molecule has 0 saturated heterocycles. The number of hydrogen-bond donors (Lipinski definition) is 1. The lowest BCUT2D eigenvalue weighted by Crippen LogP contribution is -2.19. The van der Waals surface area contributed by atoms with Crippen molar-refractivity contribution in [2.45, 2.75) is 12.5 Å². The number of ether oxygens (including phenoxy) is 2. The van der Waals surface area contributed by atoms with Crippen molar-refractivity contribution in [2.75, 3.05) is 21.3 Å². The van der Waals surface area contributed by atoms with Gasteiger partial charge in [-0.05, 0) is 49.4 Å². The van der Waals surface area contributed by atoms with Gasteiger partial charge < -0.3 is 14.8 Å². The smallest absolute Gasteiger partial charge is 0.123 e. The Bertz CT molecular complexity index is 601. The number of likely N-dealkylation sites (N-methyl/N-ethyl adjacent to an activating group) is 1. The molecule has 0 aliphatic heterocycles. The Balaban J connectivity index is 2.32. The summed E-state index contributed by atoms with van der Waals surface area (Å²) in [6, 6.07) is 12.3. The second-order valence-corrected chi connectivity index (χ2v) is 4.78. The minimum atomic E-state index is -0.222. The zero-order valence-electron chi connectivity index (χ0n) is 12.5. The molecule has 2 aromatic carbocycles. The molecule has 0 aliphatic rings. The number of benzene rings is 2. The van der Waals surface area contributed by atoms with Gasteiger partial charge in [0, 0.05) is 11.6 Å². The molecule has 0 amide bonds. The summed E-state index contributed by atoms with van der Waals surface area (Å²) in [4.78, 5) is 0. The first kappa shape index (κ1) is 15.3. The van der Waals surface area contributed by atoms with E-state index in [9.17, 15) is 4.39 Å². The fourth-order valence-electron chi connectivity index (χ4n) is 2.38. The third-order valence-corrected chi connectivity index (χ3v) is 3.49. The maximum Gasteiger partial charge on any atom is 0.123 e. The molecule has 1 atom stereocenters. The van der Waals surface area contributed by atoms with Crippen LogP contribution in [0.15, 0.2) is 42.5 Å². The summed E-state index contributed by atoms with van der Waals surface area (Å²) in [7, 11) is 5.15. The van der Waals surface area contributed by atoms with E-state index in [-0.39, 0.29) is 11.9 Å². The lowest BCUT2D eigenvalue weighted by atomic mass is 9.98. The van der Waals surface area contributed by atoms with E-state index < -0.39 is 0 Å². The molecule has 4 heteroatoms. The SMILES string of the molecule is CNC(Cc1cccc(F)c1)c1cc(OC)ccc1OC. The van der Waals surface area contributed by atoms with Crippen LogP contribution in [0.4, 0.5) is 4.39 Å². The minimum Gasteiger partial charge on any atom is -0.497 e. The maximum atomic E-state index is 13.3. The molecular weight excluding hydrogens is 269 g/mol. The van der Waals surface area contributed by atoms with Gasteiger partial charge in [-0.25, -0.2) is 4.39 Å². The molecule has 1 N–H and O–H groups in total. The third-order valence-electron chi connectivity index (χ3n) is 3.49. The molecule has 0 radical (unpaired) electrons. The summed E-state index contributed by atoms with van der Waals surface area (Å²) in [5.41, 5.74) is 1.92. The molecule has 21 heavy (non-hydrogen) atoms. The number of methoxy groups -OCH3 is 2. The van der Waals surface area contributed by atoms with E-state index in [4.69, 9.17) is 9.47 Å². The zero-order chi connectivity index (χ0) is 15.2. The average Bonchev–Trinajstić information content (AvgIpc) is 2.52. The Hall–Kier alpha value is -2.07. The van der Waals surface area contributed by atoms with Crippen LogP contribution in [0, 0.1) is 5.82 Å². The number of halogens is 1. The maximum absolute atomic E-state index is 13.3. The standard InChI is InChI=1S/C17H20FNO2/c1-19-16(10-12-5-4-6-13(18)9-12)15-11-14(20-2)7-8-17(15)21-3/h4-9,11,16,19H,10H2,1-3H3. The van der Waals surface area contributed by atoms with Crippen molar-refractivity contribution in [3.8, 4) is 11.5 Å². The van der Waals surface area contributed by atoms with Crippen LogP contribution in [0.25, 0.3) is 0 Å². The van der Waals surface area contributed by atoms with E-state index in [1.54, 1.807) is 26.4 Å². The van der Waals surface area contributed by atoms with Gasteiger partial charge >= 0.3 is 0 Å². The van der Waals surface area contributed by atoms with E-state index in [0.717, 1.165) is 22.6 Å². The summed E-state index contributed by atoms with van der Waals surface area (Å²) in [5, 5.41) is 3.25. The van der Waals surface area contributed by atoms with Gasteiger partial charge in [0.1, 0.15) is 17.3 Å². The molecule has 0 spiro atoms. The molecule has 0 fully saturated rings. The molecule has 0 saturated carbocycles. The van der Waals surface area contributed by atoms with Crippen LogP contribution < -0.4 is 14.8 Å². The third kappa shape index (κ3) is 3.73. The lowest BCUT2D eigenvalue weighted by molar-refractivity contribution is 0.391. The van der Waals surface area contributed by atoms with Gasteiger partial charge in [0.15, 0.2) is 0 Å². The fourth-order valence-corrected chi connectivity index (χ4v) is 2.38. The Morgan fingerprint density at radius 1 is 1.10 bits per heavy atom. The van der Waals surface area contributed by atoms with Crippen LogP contribution >= 0.6 is 0 Å². The highest BCUT2D eigenvalue weighted by Gasteiger charge is 2.16. The Morgan fingerprint density at radius 3 is 2.52 bits per heavy atom. The highest BCUT2D eigenvalue weighted by atomic mass is 19.1. The second kappa shape index (κ2) is 7.09. The topological polar surface area (TPSA) is 30.5 Å². The molecule has 0 aromatic heterocycles.